The van der Waals surface area contributed by atoms with Crippen LogP contribution in [0.5, 0.6) is 0 Å². The summed E-state index contributed by atoms with van der Waals surface area (Å²) in [6, 6.07) is 0. The highest BCUT2D eigenvalue weighted by atomic mass is 28.4. The van der Waals surface area contributed by atoms with Crippen molar-refractivity contribution >= 4 is 8.56 Å². The lowest BCUT2D eigenvalue weighted by Crippen LogP contribution is -2.52. The van der Waals surface area contributed by atoms with E-state index in [1.165, 1.54) is 89.9 Å². The van der Waals surface area contributed by atoms with E-state index in [4.69, 9.17) is 8.85 Å². The highest BCUT2D eigenvalue weighted by molar-refractivity contribution is 6.70. The lowest BCUT2D eigenvalue weighted by atomic mass is 9.99. The van der Waals surface area contributed by atoms with Gasteiger partial charge < -0.3 is 8.85 Å². The normalized spacial score (nSPS) is 21.7. The largest absolute Gasteiger partial charge is 0.394 e. The number of hydrogen-bond donors (Lipinski definition) is 0. The molecule has 0 bridgehead atoms. The molecule has 0 N–H and O–H groups in total. The van der Waals surface area contributed by atoms with Crippen LogP contribution in [0.3, 0.4) is 0 Å². The van der Waals surface area contributed by atoms with Gasteiger partial charge in [-0.15, -0.1) is 0 Å². The Morgan fingerprint density at radius 1 is 0.652 bits per heavy atom. The van der Waals surface area contributed by atoms with Gasteiger partial charge in [0.1, 0.15) is 0 Å². The molecule has 3 heteroatoms. The SMILES string of the molecule is CCCCO[Si](OCCCC)(C1CCCCC1)C1CCCCC1. The molecule has 2 fully saturated rings. The van der Waals surface area contributed by atoms with Gasteiger partial charge in [-0.2, -0.15) is 0 Å². The van der Waals surface area contributed by atoms with Crippen molar-refractivity contribution in [2.24, 2.45) is 0 Å². The van der Waals surface area contributed by atoms with E-state index >= 15 is 0 Å². The van der Waals surface area contributed by atoms with Crippen molar-refractivity contribution in [1.82, 2.24) is 0 Å². The van der Waals surface area contributed by atoms with Crippen LogP contribution in [-0.2, 0) is 8.85 Å². The molecule has 2 aliphatic rings. The summed E-state index contributed by atoms with van der Waals surface area (Å²) in [5.41, 5.74) is 1.54. The first-order chi connectivity index (χ1) is 11.3. The molecule has 0 amide bonds. The fraction of sp³-hybridized carbons (Fsp3) is 1.00. The average molecular weight is 341 g/mol. The van der Waals surface area contributed by atoms with Crippen molar-refractivity contribution in [3.8, 4) is 0 Å². The van der Waals surface area contributed by atoms with E-state index in [1.54, 1.807) is 0 Å². The van der Waals surface area contributed by atoms with Crippen LogP contribution < -0.4 is 0 Å². The summed E-state index contributed by atoms with van der Waals surface area (Å²) < 4.78 is 13.6. The summed E-state index contributed by atoms with van der Waals surface area (Å²) in [7, 11) is -2.07. The average Bonchev–Trinajstić information content (AvgIpc) is 2.62. The van der Waals surface area contributed by atoms with E-state index in [9.17, 15) is 0 Å². The molecular formula is C20H40O2Si. The van der Waals surface area contributed by atoms with Crippen LogP contribution in [0.4, 0.5) is 0 Å². The zero-order valence-corrected chi connectivity index (χ0v) is 16.8. The molecule has 0 atom stereocenters. The van der Waals surface area contributed by atoms with Crippen molar-refractivity contribution in [3.63, 3.8) is 0 Å². The van der Waals surface area contributed by atoms with Crippen LogP contribution in [-0.4, -0.2) is 21.8 Å². The van der Waals surface area contributed by atoms with E-state index in [1.807, 2.05) is 0 Å². The Labute approximate surface area is 146 Å². The summed E-state index contributed by atoms with van der Waals surface area (Å²) in [6.45, 7) is 6.43. The highest BCUT2D eigenvalue weighted by Gasteiger charge is 2.52. The van der Waals surface area contributed by atoms with E-state index in [0.717, 1.165) is 24.3 Å². The van der Waals surface area contributed by atoms with Gasteiger partial charge in [0.05, 0.1) is 0 Å². The second-order valence-electron chi connectivity index (χ2n) is 7.80. The first-order valence-corrected chi connectivity index (χ1v) is 12.6. The molecule has 0 spiro atoms. The van der Waals surface area contributed by atoms with Gasteiger partial charge in [-0.05, 0) is 38.5 Å². The monoisotopic (exact) mass is 340 g/mol. The van der Waals surface area contributed by atoms with Gasteiger partial charge in [0.2, 0.25) is 0 Å². The summed E-state index contributed by atoms with van der Waals surface area (Å²) in [5.74, 6) is 0. The van der Waals surface area contributed by atoms with Gasteiger partial charge >= 0.3 is 8.56 Å². The van der Waals surface area contributed by atoms with Crippen molar-refractivity contribution < 1.29 is 8.85 Å². The van der Waals surface area contributed by atoms with Crippen LogP contribution in [0.1, 0.15) is 104 Å². The topological polar surface area (TPSA) is 18.5 Å². The van der Waals surface area contributed by atoms with Crippen LogP contribution in [0.25, 0.3) is 0 Å². The van der Waals surface area contributed by atoms with Gasteiger partial charge in [-0.25, -0.2) is 0 Å². The van der Waals surface area contributed by atoms with E-state index in [0.29, 0.717) is 0 Å². The van der Waals surface area contributed by atoms with Gasteiger partial charge in [-0.3, -0.25) is 0 Å². The van der Waals surface area contributed by atoms with Crippen molar-refractivity contribution in [3.05, 3.63) is 0 Å². The zero-order valence-electron chi connectivity index (χ0n) is 15.8. The van der Waals surface area contributed by atoms with Crippen LogP contribution in [0.2, 0.25) is 11.1 Å². The third-order valence-electron chi connectivity index (χ3n) is 6.00. The second-order valence-corrected chi connectivity index (χ2v) is 11.4. The predicted octanol–water partition coefficient (Wildman–Crippen LogP) is 6.73. The molecule has 0 aromatic rings. The minimum absolute atomic E-state index is 0.771. The number of unbranched alkanes of at least 4 members (excludes halogenated alkanes) is 2. The van der Waals surface area contributed by atoms with Crippen molar-refractivity contribution in [1.29, 1.82) is 0 Å². The molecule has 136 valence electrons. The molecule has 0 saturated heterocycles. The minimum Gasteiger partial charge on any atom is -0.394 e. The molecule has 0 unspecified atom stereocenters. The molecule has 0 aromatic carbocycles. The molecule has 0 aliphatic heterocycles. The Bertz CT molecular complexity index is 266. The zero-order chi connectivity index (χ0) is 16.4. The summed E-state index contributed by atoms with van der Waals surface area (Å²) in [6.07, 6.45) is 18.8. The standard InChI is InChI=1S/C20H40O2Si/c1-3-5-17-21-23(22-18-6-4-2,19-13-9-7-10-14-19)20-15-11-8-12-16-20/h19-20H,3-18H2,1-2H3. The van der Waals surface area contributed by atoms with E-state index in [-0.39, 0.29) is 0 Å². The van der Waals surface area contributed by atoms with Gasteiger partial charge in [0.15, 0.2) is 0 Å². The Balaban J connectivity index is 2.13. The smallest absolute Gasteiger partial charge is 0.344 e. The molecule has 0 heterocycles. The molecule has 2 rings (SSSR count). The molecular weight excluding hydrogens is 300 g/mol. The first-order valence-electron chi connectivity index (χ1n) is 10.6. The molecule has 2 aliphatic carbocycles. The Hall–Kier alpha value is 0.137. The lowest BCUT2D eigenvalue weighted by Gasteiger charge is -2.45. The maximum absolute atomic E-state index is 6.81. The quantitative estimate of drug-likeness (QED) is 0.324. The maximum atomic E-state index is 6.81. The predicted molar refractivity (Wildman–Crippen MR) is 101 cm³/mol. The van der Waals surface area contributed by atoms with Crippen LogP contribution in [0, 0.1) is 0 Å². The lowest BCUT2D eigenvalue weighted by molar-refractivity contribution is 0.130. The fourth-order valence-corrected chi connectivity index (χ4v) is 9.65. The molecule has 23 heavy (non-hydrogen) atoms. The Morgan fingerprint density at radius 3 is 1.39 bits per heavy atom. The number of rotatable bonds is 10. The third-order valence-corrected chi connectivity index (χ3v) is 10.7. The van der Waals surface area contributed by atoms with Crippen molar-refractivity contribution in [2.45, 2.75) is 115 Å². The summed E-state index contributed by atoms with van der Waals surface area (Å²) in [4.78, 5) is 0. The fourth-order valence-electron chi connectivity index (χ4n) is 4.61. The van der Waals surface area contributed by atoms with Gasteiger partial charge in [-0.1, -0.05) is 65.2 Å². The minimum atomic E-state index is -2.07. The molecule has 2 saturated carbocycles. The highest BCUT2D eigenvalue weighted by Crippen LogP contribution is 2.49. The Morgan fingerprint density at radius 2 is 1.04 bits per heavy atom. The molecule has 2 nitrogen and oxygen atoms in total. The van der Waals surface area contributed by atoms with Gasteiger partial charge in [0, 0.05) is 24.3 Å². The number of hydrogen-bond acceptors (Lipinski definition) is 2. The van der Waals surface area contributed by atoms with Crippen LogP contribution in [0.15, 0.2) is 0 Å². The molecule has 0 radical (unpaired) electrons. The maximum Gasteiger partial charge on any atom is 0.344 e. The van der Waals surface area contributed by atoms with E-state index < -0.39 is 8.56 Å². The Kier molecular flexibility index (Phi) is 9.21. The van der Waals surface area contributed by atoms with Gasteiger partial charge in [0.25, 0.3) is 0 Å². The van der Waals surface area contributed by atoms with E-state index in [2.05, 4.69) is 13.8 Å². The third kappa shape index (κ3) is 5.57. The van der Waals surface area contributed by atoms with Crippen LogP contribution >= 0.6 is 0 Å². The first kappa shape index (κ1) is 19.5. The second kappa shape index (κ2) is 10.9. The summed E-state index contributed by atoms with van der Waals surface area (Å²) >= 11 is 0. The summed E-state index contributed by atoms with van der Waals surface area (Å²) in [5, 5.41) is 0. The molecule has 0 aromatic heterocycles. The van der Waals surface area contributed by atoms with Crippen molar-refractivity contribution in [2.75, 3.05) is 13.2 Å².